The van der Waals surface area contributed by atoms with E-state index in [0.717, 1.165) is 22.1 Å². The van der Waals surface area contributed by atoms with Crippen LogP contribution in [0.2, 0.25) is 0 Å². The van der Waals surface area contributed by atoms with Crippen LogP contribution in [0.15, 0.2) is 91.1 Å². The predicted molar refractivity (Wildman–Crippen MR) is 129 cm³/mol. The molecule has 0 aliphatic carbocycles. The van der Waals surface area contributed by atoms with Crippen molar-refractivity contribution in [2.24, 2.45) is 0 Å². The summed E-state index contributed by atoms with van der Waals surface area (Å²) in [5.41, 5.74) is 1.05. The van der Waals surface area contributed by atoms with E-state index >= 15 is 0 Å². The minimum atomic E-state index is -0.678. The molecular formula is C27H28N2O4. The van der Waals surface area contributed by atoms with Gasteiger partial charge in [0.15, 0.2) is 0 Å². The van der Waals surface area contributed by atoms with Crippen molar-refractivity contribution in [3.8, 4) is 17.4 Å². The molecule has 0 saturated heterocycles. The van der Waals surface area contributed by atoms with Crippen LogP contribution in [0.5, 0.6) is 17.4 Å². The van der Waals surface area contributed by atoms with Crippen LogP contribution in [-0.4, -0.2) is 47.1 Å². The zero-order chi connectivity index (χ0) is 22.9. The lowest BCUT2D eigenvalue weighted by atomic mass is 10.1. The molecular weight excluding hydrogens is 416 g/mol. The Bertz CT molecular complexity index is 1130. The Morgan fingerprint density at radius 1 is 0.848 bits per heavy atom. The number of hydrogen-bond donors (Lipinski definition) is 3. The van der Waals surface area contributed by atoms with Crippen LogP contribution in [0, 0.1) is 0 Å². The second kappa shape index (κ2) is 11.4. The standard InChI is InChI=1S/C27H28N2O4/c30-18-22(29-17-23(31)19-32-24-7-2-1-3-8-24)16-20-10-12-25(13-11-20)33-27-26-9-5-4-6-21(26)14-15-28-27/h1-15,22-23,29-31H,16-19H2/t22-,23-/m0/s1. The zero-order valence-electron chi connectivity index (χ0n) is 18.3. The third-order valence-electron chi connectivity index (χ3n) is 5.31. The molecule has 0 unspecified atom stereocenters. The molecule has 0 spiro atoms. The number of aliphatic hydroxyl groups is 2. The van der Waals surface area contributed by atoms with Crippen LogP contribution < -0.4 is 14.8 Å². The number of nitrogens with one attached hydrogen (secondary N) is 1. The van der Waals surface area contributed by atoms with E-state index in [1.54, 1.807) is 6.20 Å². The number of pyridine rings is 1. The smallest absolute Gasteiger partial charge is 0.227 e. The summed E-state index contributed by atoms with van der Waals surface area (Å²) >= 11 is 0. The summed E-state index contributed by atoms with van der Waals surface area (Å²) in [4.78, 5) is 4.36. The highest BCUT2D eigenvalue weighted by atomic mass is 16.5. The van der Waals surface area contributed by atoms with Crippen LogP contribution in [0.3, 0.4) is 0 Å². The van der Waals surface area contributed by atoms with Crippen molar-refractivity contribution in [3.05, 3.63) is 96.7 Å². The first-order chi connectivity index (χ1) is 16.2. The van der Waals surface area contributed by atoms with Gasteiger partial charge in [-0.15, -0.1) is 0 Å². The second-order valence-corrected chi connectivity index (χ2v) is 7.85. The molecule has 0 aliphatic rings. The Hall–Kier alpha value is -3.45. The van der Waals surface area contributed by atoms with Gasteiger partial charge in [0.1, 0.15) is 24.2 Å². The molecule has 170 valence electrons. The highest BCUT2D eigenvalue weighted by Crippen LogP contribution is 2.27. The third kappa shape index (κ3) is 6.52. The second-order valence-electron chi connectivity index (χ2n) is 7.85. The monoisotopic (exact) mass is 444 g/mol. The SMILES string of the molecule is OC[C@H](Cc1ccc(Oc2nccc3ccccc23)cc1)NC[C@H](O)COc1ccccc1. The molecule has 2 atom stereocenters. The Labute approximate surface area is 193 Å². The van der Waals surface area contributed by atoms with Crippen molar-refractivity contribution >= 4 is 10.8 Å². The molecule has 0 fully saturated rings. The first-order valence-electron chi connectivity index (χ1n) is 11.0. The number of ether oxygens (including phenoxy) is 2. The molecule has 1 aromatic heterocycles. The summed E-state index contributed by atoms with van der Waals surface area (Å²) in [6.45, 7) is 0.472. The summed E-state index contributed by atoms with van der Waals surface area (Å²) in [5, 5.41) is 25.2. The van der Waals surface area contributed by atoms with Gasteiger partial charge in [-0.2, -0.15) is 0 Å². The molecule has 4 rings (SSSR count). The van der Waals surface area contributed by atoms with Gasteiger partial charge < -0.3 is 25.0 Å². The van der Waals surface area contributed by atoms with Gasteiger partial charge in [-0.25, -0.2) is 4.98 Å². The topological polar surface area (TPSA) is 83.8 Å². The average molecular weight is 445 g/mol. The molecule has 3 aromatic carbocycles. The number of fused-ring (bicyclic) bond motifs is 1. The van der Waals surface area contributed by atoms with Gasteiger partial charge in [0.05, 0.1) is 6.61 Å². The van der Waals surface area contributed by atoms with Crippen LogP contribution in [0.25, 0.3) is 10.8 Å². The summed E-state index contributed by atoms with van der Waals surface area (Å²) < 4.78 is 11.6. The largest absolute Gasteiger partial charge is 0.491 e. The number of para-hydroxylation sites is 1. The van der Waals surface area contributed by atoms with E-state index in [0.29, 0.717) is 24.6 Å². The molecule has 33 heavy (non-hydrogen) atoms. The van der Waals surface area contributed by atoms with Crippen molar-refractivity contribution in [2.75, 3.05) is 19.8 Å². The molecule has 3 N–H and O–H groups in total. The van der Waals surface area contributed by atoms with Crippen molar-refractivity contribution in [1.82, 2.24) is 10.3 Å². The Morgan fingerprint density at radius 3 is 2.39 bits per heavy atom. The lowest BCUT2D eigenvalue weighted by molar-refractivity contribution is 0.0997. The lowest BCUT2D eigenvalue weighted by Gasteiger charge is -2.19. The summed E-state index contributed by atoms with van der Waals surface area (Å²) in [6.07, 6.45) is 1.68. The van der Waals surface area contributed by atoms with Crippen molar-refractivity contribution in [1.29, 1.82) is 0 Å². The minimum Gasteiger partial charge on any atom is -0.491 e. The van der Waals surface area contributed by atoms with Crippen LogP contribution in [0.1, 0.15) is 5.56 Å². The van der Waals surface area contributed by atoms with E-state index in [2.05, 4.69) is 10.3 Å². The van der Waals surface area contributed by atoms with Gasteiger partial charge in [-0.3, -0.25) is 0 Å². The molecule has 0 amide bonds. The molecule has 0 radical (unpaired) electrons. The fraction of sp³-hybridized carbons (Fsp3) is 0.222. The maximum absolute atomic E-state index is 10.2. The molecule has 6 nitrogen and oxygen atoms in total. The first-order valence-corrected chi connectivity index (χ1v) is 11.0. The number of aromatic nitrogens is 1. The fourth-order valence-corrected chi connectivity index (χ4v) is 3.54. The van der Waals surface area contributed by atoms with Crippen LogP contribution in [0.4, 0.5) is 0 Å². The van der Waals surface area contributed by atoms with E-state index in [9.17, 15) is 10.2 Å². The number of rotatable bonds is 11. The maximum Gasteiger partial charge on any atom is 0.227 e. The van der Waals surface area contributed by atoms with E-state index in [1.165, 1.54) is 0 Å². The first kappa shape index (κ1) is 22.7. The molecule has 1 heterocycles. The molecule has 0 bridgehead atoms. The van der Waals surface area contributed by atoms with Gasteiger partial charge >= 0.3 is 0 Å². The van der Waals surface area contributed by atoms with Crippen LogP contribution >= 0.6 is 0 Å². The summed E-state index contributed by atoms with van der Waals surface area (Å²) in [6, 6.07) is 26.9. The fourth-order valence-electron chi connectivity index (χ4n) is 3.54. The third-order valence-corrected chi connectivity index (χ3v) is 5.31. The molecule has 0 aliphatic heterocycles. The highest BCUT2D eigenvalue weighted by molar-refractivity contribution is 5.86. The van der Waals surface area contributed by atoms with Crippen LogP contribution in [-0.2, 0) is 6.42 Å². The molecule has 0 saturated carbocycles. The Morgan fingerprint density at radius 2 is 1.61 bits per heavy atom. The van der Waals surface area contributed by atoms with Gasteiger partial charge in [0.25, 0.3) is 0 Å². The van der Waals surface area contributed by atoms with Crippen molar-refractivity contribution in [3.63, 3.8) is 0 Å². The highest BCUT2D eigenvalue weighted by Gasteiger charge is 2.12. The Balaban J connectivity index is 1.28. The quantitative estimate of drug-likeness (QED) is 0.325. The number of benzene rings is 3. The van der Waals surface area contributed by atoms with Crippen molar-refractivity contribution in [2.45, 2.75) is 18.6 Å². The van der Waals surface area contributed by atoms with E-state index in [4.69, 9.17) is 9.47 Å². The average Bonchev–Trinajstić information content (AvgIpc) is 2.87. The van der Waals surface area contributed by atoms with E-state index in [-0.39, 0.29) is 19.3 Å². The maximum atomic E-state index is 10.2. The van der Waals surface area contributed by atoms with Gasteiger partial charge in [0, 0.05) is 24.2 Å². The number of aliphatic hydroxyl groups excluding tert-OH is 2. The van der Waals surface area contributed by atoms with Gasteiger partial charge in [-0.05, 0) is 53.8 Å². The molecule has 4 aromatic rings. The number of hydrogen-bond acceptors (Lipinski definition) is 6. The van der Waals surface area contributed by atoms with E-state index < -0.39 is 6.10 Å². The van der Waals surface area contributed by atoms with E-state index in [1.807, 2.05) is 84.9 Å². The number of nitrogens with zero attached hydrogens (tertiary/aromatic N) is 1. The zero-order valence-corrected chi connectivity index (χ0v) is 18.3. The van der Waals surface area contributed by atoms with Gasteiger partial charge in [-0.1, -0.05) is 48.5 Å². The minimum absolute atomic E-state index is 0.0373. The normalized spacial score (nSPS) is 12.9. The summed E-state index contributed by atoms with van der Waals surface area (Å²) in [5.74, 6) is 1.99. The van der Waals surface area contributed by atoms with Gasteiger partial charge in [0.2, 0.25) is 5.88 Å². The summed E-state index contributed by atoms with van der Waals surface area (Å²) in [7, 11) is 0. The Kier molecular flexibility index (Phi) is 7.87. The predicted octanol–water partition coefficient (Wildman–Crippen LogP) is 3.96. The lowest BCUT2D eigenvalue weighted by Crippen LogP contribution is -2.41. The van der Waals surface area contributed by atoms with Crippen molar-refractivity contribution < 1.29 is 19.7 Å². The molecule has 6 heteroatoms.